The van der Waals surface area contributed by atoms with Crippen LogP contribution in [0.4, 0.5) is 4.39 Å². The number of rotatable bonds is 1. The molecule has 0 aliphatic heterocycles. The lowest BCUT2D eigenvalue weighted by Gasteiger charge is -1.94. The molecule has 0 N–H and O–H groups in total. The Labute approximate surface area is 67.0 Å². The van der Waals surface area contributed by atoms with Gasteiger partial charge in [-0.3, -0.25) is 0 Å². The van der Waals surface area contributed by atoms with Gasteiger partial charge in [0.1, 0.15) is 0 Å². The number of nitrogens with zero attached hydrogens (tertiary/aromatic N) is 2. The van der Waals surface area contributed by atoms with Crippen LogP contribution in [0.2, 0.25) is 5.28 Å². The van der Waals surface area contributed by atoms with Gasteiger partial charge >= 0.3 is 0 Å². The van der Waals surface area contributed by atoms with E-state index in [0.29, 0.717) is 0 Å². The van der Waals surface area contributed by atoms with Gasteiger partial charge in [0.15, 0.2) is 5.82 Å². The lowest BCUT2D eigenvalue weighted by atomic mass is 10.4. The minimum Gasteiger partial charge on any atom is -0.223 e. The molecule has 1 heterocycles. The van der Waals surface area contributed by atoms with Gasteiger partial charge in [-0.1, -0.05) is 0 Å². The van der Waals surface area contributed by atoms with Crippen LogP contribution >= 0.6 is 23.2 Å². The third-order valence-corrected chi connectivity index (χ3v) is 1.35. The maximum atomic E-state index is 12.5. The Bertz CT molecular complexity index is 241. The Morgan fingerprint density at radius 3 is 2.80 bits per heavy atom. The Hall–Kier alpha value is -0.410. The molecule has 0 aliphatic carbocycles. The van der Waals surface area contributed by atoms with Crippen LogP contribution in [-0.2, 0) is 5.88 Å². The zero-order valence-electron chi connectivity index (χ0n) is 4.81. The van der Waals surface area contributed by atoms with E-state index in [2.05, 4.69) is 9.97 Å². The fourth-order valence-corrected chi connectivity index (χ4v) is 0.810. The molecule has 10 heavy (non-hydrogen) atoms. The van der Waals surface area contributed by atoms with Crippen LogP contribution in [-0.4, -0.2) is 9.97 Å². The van der Waals surface area contributed by atoms with Crippen LogP contribution in [0.5, 0.6) is 0 Å². The molecule has 0 unspecified atom stereocenters. The van der Waals surface area contributed by atoms with Crippen molar-refractivity contribution in [3.8, 4) is 0 Å². The van der Waals surface area contributed by atoms with Gasteiger partial charge in [0.25, 0.3) is 0 Å². The molecule has 0 aromatic carbocycles. The van der Waals surface area contributed by atoms with Crippen molar-refractivity contribution in [3.63, 3.8) is 0 Å². The van der Waals surface area contributed by atoms with E-state index >= 15 is 0 Å². The number of hydrogen-bond donors (Lipinski definition) is 0. The molecule has 0 saturated carbocycles. The van der Waals surface area contributed by atoms with E-state index in [9.17, 15) is 4.39 Å². The highest BCUT2D eigenvalue weighted by atomic mass is 35.5. The largest absolute Gasteiger partial charge is 0.223 e. The summed E-state index contributed by atoms with van der Waals surface area (Å²) >= 11 is 10.7. The first-order valence-corrected chi connectivity index (χ1v) is 3.38. The molecule has 2 nitrogen and oxygen atoms in total. The summed E-state index contributed by atoms with van der Waals surface area (Å²) in [5, 5.41) is 0.0112. The fraction of sp³-hybridized carbons (Fsp3) is 0.200. The minimum absolute atomic E-state index is 0.00801. The van der Waals surface area contributed by atoms with Crippen LogP contribution < -0.4 is 0 Å². The molecule has 0 atom stereocenters. The van der Waals surface area contributed by atoms with E-state index in [1.165, 1.54) is 0 Å². The molecule has 0 fully saturated rings. The van der Waals surface area contributed by atoms with E-state index in [4.69, 9.17) is 23.2 Å². The molecule has 0 bridgehead atoms. The minimum atomic E-state index is -0.528. The standard InChI is InChI=1S/C5H3Cl2FN2/c6-1-4-3(8)2-9-5(7)10-4/h2H,1H2. The van der Waals surface area contributed by atoms with Gasteiger partial charge in [0, 0.05) is 0 Å². The second kappa shape index (κ2) is 3.12. The first kappa shape index (κ1) is 7.69. The highest BCUT2D eigenvalue weighted by molar-refractivity contribution is 6.28. The molecule has 0 radical (unpaired) electrons. The highest BCUT2D eigenvalue weighted by Crippen LogP contribution is 2.08. The van der Waals surface area contributed by atoms with Crippen molar-refractivity contribution in [1.82, 2.24) is 9.97 Å². The second-order valence-corrected chi connectivity index (χ2v) is 2.17. The van der Waals surface area contributed by atoms with Crippen LogP contribution in [0.15, 0.2) is 6.20 Å². The quantitative estimate of drug-likeness (QED) is 0.489. The maximum absolute atomic E-state index is 12.5. The molecular weight excluding hydrogens is 178 g/mol. The summed E-state index contributed by atoms with van der Waals surface area (Å²) in [6, 6.07) is 0. The zero-order chi connectivity index (χ0) is 7.56. The second-order valence-electron chi connectivity index (χ2n) is 1.57. The first-order chi connectivity index (χ1) is 4.74. The fourth-order valence-electron chi connectivity index (χ4n) is 0.472. The normalized spacial score (nSPS) is 9.90. The Morgan fingerprint density at radius 1 is 1.60 bits per heavy atom. The molecular formula is C5H3Cl2FN2. The Balaban J connectivity index is 3.09. The predicted octanol–water partition coefficient (Wildman–Crippen LogP) is 2.01. The smallest absolute Gasteiger partial charge is 0.222 e. The summed E-state index contributed by atoms with van der Waals surface area (Å²) in [5.74, 6) is -0.520. The summed E-state index contributed by atoms with van der Waals surface area (Å²) in [7, 11) is 0. The topological polar surface area (TPSA) is 25.8 Å². The summed E-state index contributed by atoms with van der Waals surface area (Å²) in [6.07, 6.45) is 0.993. The third-order valence-electron chi connectivity index (χ3n) is 0.914. The van der Waals surface area contributed by atoms with Crippen molar-refractivity contribution < 1.29 is 4.39 Å². The van der Waals surface area contributed by atoms with Gasteiger partial charge in [-0.15, -0.1) is 11.6 Å². The molecule has 5 heteroatoms. The molecule has 1 aromatic heterocycles. The number of hydrogen-bond acceptors (Lipinski definition) is 2. The van der Waals surface area contributed by atoms with Crippen LogP contribution in [0.3, 0.4) is 0 Å². The van der Waals surface area contributed by atoms with E-state index in [1.54, 1.807) is 0 Å². The van der Waals surface area contributed by atoms with Gasteiger partial charge < -0.3 is 0 Å². The van der Waals surface area contributed by atoms with Gasteiger partial charge in [-0.2, -0.15) is 0 Å². The Kier molecular flexibility index (Phi) is 2.40. The van der Waals surface area contributed by atoms with Crippen molar-refractivity contribution in [2.24, 2.45) is 0 Å². The van der Waals surface area contributed by atoms with Crippen molar-refractivity contribution in [2.45, 2.75) is 5.88 Å². The summed E-state index contributed by atoms with van der Waals surface area (Å²) in [6.45, 7) is 0. The number of aromatic nitrogens is 2. The van der Waals surface area contributed by atoms with E-state index in [-0.39, 0.29) is 16.9 Å². The van der Waals surface area contributed by atoms with Gasteiger partial charge in [-0.05, 0) is 11.6 Å². The summed E-state index contributed by atoms with van der Waals surface area (Å²) in [5.41, 5.74) is 0.127. The van der Waals surface area contributed by atoms with E-state index < -0.39 is 5.82 Å². The molecule has 0 spiro atoms. The molecule has 1 aromatic rings. The summed E-state index contributed by atoms with van der Waals surface area (Å²) in [4.78, 5) is 6.95. The number of halogens is 3. The van der Waals surface area contributed by atoms with Crippen molar-refractivity contribution >= 4 is 23.2 Å². The lowest BCUT2D eigenvalue weighted by Crippen LogP contribution is -1.93. The van der Waals surface area contributed by atoms with Crippen LogP contribution in [0.1, 0.15) is 5.69 Å². The highest BCUT2D eigenvalue weighted by Gasteiger charge is 2.02. The van der Waals surface area contributed by atoms with E-state index in [1.807, 2.05) is 0 Å². The number of alkyl halides is 1. The van der Waals surface area contributed by atoms with Gasteiger partial charge in [0.05, 0.1) is 17.8 Å². The van der Waals surface area contributed by atoms with Crippen LogP contribution in [0, 0.1) is 5.82 Å². The van der Waals surface area contributed by atoms with Gasteiger partial charge in [-0.25, -0.2) is 14.4 Å². The van der Waals surface area contributed by atoms with Crippen molar-refractivity contribution in [1.29, 1.82) is 0 Å². The van der Waals surface area contributed by atoms with Crippen molar-refractivity contribution in [3.05, 3.63) is 23.0 Å². The molecule has 0 aliphatic rings. The Morgan fingerprint density at radius 2 is 2.30 bits per heavy atom. The monoisotopic (exact) mass is 180 g/mol. The SMILES string of the molecule is Fc1cnc(Cl)nc1CCl. The summed E-state index contributed by atoms with van der Waals surface area (Å²) < 4.78 is 12.5. The predicted molar refractivity (Wildman–Crippen MR) is 36.6 cm³/mol. The van der Waals surface area contributed by atoms with E-state index in [0.717, 1.165) is 6.20 Å². The zero-order valence-corrected chi connectivity index (χ0v) is 6.32. The average Bonchev–Trinajstić information content (AvgIpc) is 1.94. The lowest BCUT2D eigenvalue weighted by molar-refractivity contribution is 0.599. The molecule has 54 valence electrons. The average molecular weight is 181 g/mol. The van der Waals surface area contributed by atoms with Crippen LogP contribution in [0.25, 0.3) is 0 Å². The van der Waals surface area contributed by atoms with Gasteiger partial charge in [0.2, 0.25) is 5.28 Å². The van der Waals surface area contributed by atoms with Crippen molar-refractivity contribution in [2.75, 3.05) is 0 Å². The first-order valence-electron chi connectivity index (χ1n) is 2.47. The molecule has 0 saturated heterocycles. The maximum Gasteiger partial charge on any atom is 0.222 e. The molecule has 1 rings (SSSR count). The third kappa shape index (κ3) is 1.55. The molecule has 0 amide bonds.